The number of amides is 2. The molecule has 0 spiro atoms. The van der Waals surface area contributed by atoms with E-state index in [1.165, 1.54) is 24.8 Å². The summed E-state index contributed by atoms with van der Waals surface area (Å²) in [5, 5.41) is 29.2. The molecule has 2 amide bonds. The lowest BCUT2D eigenvalue weighted by Gasteiger charge is -2.28. The number of nitrogens with zero attached hydrogens (tertiary/aromatic N) is 2. The largest absolute Gasteiger partial charge is 0.474 e. The van der Waals surface area contributed by atoms with E-state index in [1.54, 1.807) is 18.7 Å². The lowest BCUT2D eigenvalue weighted by Crippen LogP contribution is -2.30. The number of hydrogen-bond acceptors (Lipinski definition) is 6. The number of para-hydroxylation sites is 1. The summed E-state index contributed by atoms with van der Waals surface area (Å²) in [6.45, 7) is 2.16. The van der Waals surface area contributed by atoms with Crippen molar-refractivity contribution in [1.82, 2.24) is 15.1 Å². The number of carbonyl (C=O) groups is 1. The molecule has 1 unspecified atom stereocenters. The van der Waals surface area contributed by atoms with Crippen molar-refractivity contribution < 1.29 is 24.5 Å². The standard InChI is InChI=1S/C27H34N4O5/c1-18-25(31(22-9-4-3-5-10-22)30-26(18)36-17-23(33)15-32)29-27(34)28-14-21-13-19(16-35-2)11-12-24(21)20-7-6-8-20/h3-5,9-13,20,23,32-33H,6-8,14-17H2,1-2H3,(H2,28,29,34). The van der Waals surface area contributed by atoms with Gasteiger partial charge in [-0.3, -0.25) is 5.32 Å². The van der Waals surface area contributed by atoms with Crippen LogP contribution in [0.4, 0.5) is 10.6 Å². The van der Waals surface area contributed by atoms with Crippen molar-refractivity contribution in [2.24, 2.45) is 0 Å². The summed E-state index contributed by atoms with van der Waals surface area (Å²) in [6, 6.07) is 15.4. The molecule has 1 heterocycles. The van der Waals surface area contributed by atoms with Gasteiger partial charge in [0, 0.05) is 13.7 Å². The van der Waals surface area contributed by atoms with Gasteiger partial charge in [0.05, 0.1) is 24.5 Å². The van der Waals surface area contributed by atoms with Gasteiger partial charge >= 0.3 is 6.03 Å². The molecule has 3 aromatic rings. The Balaban J connectivity index is 1.52. The molecule has 9 heteroatoms. The average molecular weight is 495 g/mol. The molecule has 2 aromatic carbocycles. The van der Waals surface area contributed by atoms with Crippen LogP contribution in [0, 0.1) is 6.92 Å². The van der Waals surface area contributed by atoms with Gasteiger partial charge in [-0.05, 0) is 54.5 Å². The van der Waals surface area contributed by atoms with Gasteiger partial charge in [-0.15, -0.1) is 5.10 Å². The molecular weight excluding hydrogens is 460 g/mol. The van der Waals surface area contributed by atoms with Gasteiger partial charge in [0.25, 0.3) is 0 Å². The van der Waals surface area contributed by atoms with Crippen LogP contribution in [0.1, 0.15) is 47.4 Å². The van der Waals surface area contributed by atoms with Gasteiger partial charge in [0.15, 0.2) is 0 Å². The lowest BCUT2D eigenvalue weighted by atomic mass is 9.78. The molecule has 0 saturated heterocycles. The molecule has 0 bridgehead atoms. The van der Waals surface area contributed by atoms with Crippen molar-refractivity contribution in [1.29, 1.82) is 0 Å². The number of ether oxygens (including phenoxy) is 2. The van der Waals surface area contributed by atoms with Crippen LogP contribution in [0.3, 0.4) is 0 Å². The van der Waals surface area contributed by atoms with Gasteiger partial charge in [-0.25, -0.2) is 9.48 Å². The number of urea groups is 1. The first-order valence-electron chi connectivity index (χ1n) is 12.2. The predicted molar refractivity (Wildman–Crippen MR) is 136 cm³/mol. The van der Waals surface area contributed by atoms with Crippen LogP contribution in [0.15, 0.2) is 48.5 Å². The number of hydrogen-bond donors (Lipinski definition) is 4. The zero-order chi connectivity index (χ0) is 25.5. The smallest absolute Gasteiger partial charge is 0.320 e. The van der Waals surface area contributed by atoms with E-state index in [4.69, 9.17) is 14.6 Å². The first-order valence-corrected chi connectivity index (χ1v) is 12.2. The minimum Gasteiger partial charge on any atom is -0.474 e. The van der Waals surface area contributed by atoms with Gasteiger partial charge in [-0.1, -0.05) is 42.8 Å². The first-order chi connectivity index (χ1) is 17.5. The Morgan fingerprint density at radius 1 is 1.22 bits per heavy atom. The lowest BCUT2D eigenvalue weighted by molar-refractivity contribution is 0.0518. The molecule has 4 N–H and O–H groups in total. The normalized spacial score (nSPS) is 14.2. The number of benzene rings is 2. The van der Waals surface area contributed by atoms with Crippen molar-refractivity contribution in [3.63, 3.8) is 0 Å². The van der Waals surface area contributed by atoms with Crippen molar-refractivity contribution in [3.05, 3.63) is 70.8 Å². The van der Waals surface area contributed by atoms with Crippen LogP contribution < -0.4 is 15.4 Å². The Morgan fingerprint density at radius 3 is 2.67 bits per heavy atom. The molecule has 1 aliphatic carbocycles. The van der Waals surface area contributed by atoms with E-state index in [0.717, 1.165) is 16.8 Å². The van der Waals surface area contributed by atoms with Crippen LogP contribution in [0.2, 0.25) is 0 Å². The second-order valence-electron chi connectivity index (χ2n) is 9.08. The topological polar surface area (TPSA) is 118 Å². The van der Waals surface area contributed by atoms with Crippen LogP contribution in [-0.2, 0) is 17.9 Å². The summed E-state index contributed by atoms with van der Waals surface area (Å²) in [6.07, 6.45) is 2.56. The number of aromatic nitrogens is 2. The summed E-state index contributed by atoms with van der Waals surface area (Å²) >= 11 is 0. The SMILES string of the molecule is COCc1ccc(C2CCC2)c(CNC(=O)Nc2c(C)c(OCC(O)CO)nn2-c2ccccc2)c1. The highest BCUT2D eigenvalue weighted by Crippen LogP contribution is 2.38. The van der Waals surface area contributed by atoms with Crippen LogP contribution >= 0.6 is 0 Å². The van der Waals surface area contributed by atoms with Gasteiger partial charge < -0.3 is 25.0 Å². The number of methoxy groups -OCH3 is 1. The number of aliphatic hydroxyl groups excluding tert-OH is 2. The van der Waals surface area contributed by atoms with E-state index in [2.05, 4.69) is 33.9 Å². The van der Waals surface area contributed by atoms with Gasteiger partial charge in [0.1, 0.15) is 18.5 Å². The second-order valence-corrected chi connectivity index (χ2v) is 9.08. The molecular formula is C27H34N4O5. The average Bonchev–Trinajstić information content (AvgIpc) is 3.17. The Labute approximate surface area is 211 Å². The highest BCUT2D eigenvalue weighted by molar-refractivity contribution is 5.89. The molecule has 1 aromatic heterocycles. The monoisotopic (exact) mass is 494 g/mol. The summed E-state index contributed by atoms with van der Waals surface area (Å²) in [5.41, 5.74) is 4.80. The third-order valence-electron chi connectivity index (χ3n) is 6.44. The van der Waals surface area contributed by atoms with Crippen LogP contribution in [0.25, 0.3) is 5.69 Å². The number of nitrogens with one attached hydrogen (secondary N) is 2. The number of aliphatic hydroxyl groups is 2. The maximum atomic E-state index is 13.0. The Morgan fingerprint density at radius 2 is 2.00 bits per heavy atom. The Hall–Kier alpha value is -3.40. The van der Waals surface area contributed by atoms with E-state index in [0.29, 0.717) is 30.5 Å². The molecule has 4 rings (SSSR count). The van der Waals surface area contributed by atoms with E-state index in [-0.39, 0.29) is 18.5 Å². The first kappa shape index (κ1) is 25.7. The van der Waals surface area contributed by atoms with Crippen LogP contribution in [0.5, 0.6) is 5.88 Å². The van der Waals surface area contributed by atoms with Gasteiger partial charge in [0.2, 0.25) is 5.88 Å². The van der Waals surface area contributed by atoms with E-state index < -0.39 is 12.7 Å². The molecule has 9 nitrogen and oxygen atoms in total. The maximum absolute atomic E-state index is 13.0. The third-order valence-corrected chi connectivity index (χ3v) is 6.44. The summed E-state index contributed by atoms with van der Waals surface area (Å²) in [4.78, 5) is 13.0. The fraction of sp³-hybridized carbons (Fsp3) is 0.407. The minimum atomic E-state index is -1.02. The fourth-order valence-electron chi connectivity index (χ4n) is 4.26. The molecule has 192 valence electrons. The predicted octanol–water partition coefficient (Wildman–Crippen LogP) is 3.65. The zero-order valence-electron chi connectivity index (χ0n) is 20.7. The second kappa shape index (κ2) is 12.0. The zero-order valence-corrected chi connectivity index (χ0v) is 20.7. The van der Waals surface area contributed by atoms with Crippen molar-refractivity contribution in [2.45, 2.75) is 51.4 Å². The van der Waals surface area contributed by atoms with E-state index in [9.17, 15) is 9.90 Å². The quantitative estimate of drug-likeness (QED) is 0.323. The van der Waals surface area contributed by atoms with Crippen molar-refractivity contribution in [3.8, 4) is 11.6 Å². The molecule has 1 aliphatic rings. The number of rotatable bonds is 11. The summed E-state index contributed by atoms with van der Waals surface area (Å²) in [5.74, 6) is 1.26. The molecule has 0 radical (unpaired) electrons. The molecule has 0 aliphatic heterocycles. The highest BCUT2D eigenvalue weighted by Gasteiger charge is 2.23. The van der Waals surface area contributed by atoms with Crippen molar-refractivity contribution in [2.75, 3.05) is 25.6 Å². The van der Waals surface area contributed by atoms with E-state index in [1.807, 2.05) is 30.3 Å². The number of carbonyl (C=O) groups excluding carboxylic acids is 1. The van der Waals surface area contributed by atoms with Gasteiger partial charge in [-0.2, -0.15) is 0 Å². The molecule has 36 heavy (non-hydrogen) atoms. The van der Waals surface area contributed by atoms with Crippen molar-refractivity contribution >= 4 is 11.8 Å². The Kier molecular flexibility index (Phi) is 8.58. The Bertz CT molecular complexity index is 1160. The minimum absolute atomic E-state index is 0.115. The molecule has 1 fully saturated rings. The van der Waals surface area contributed by atoms with E-state index >= 15 is 0 Å². The fourth-order valence-corrected chi connectivity index (χ4v) is 4.26. The summed E-state index contributed by atoms with van der Waals surface area (Å²) < 4.78 is 12.5. The third kappa shape index (κ3) is 6.04. The highest BCUT2D eigenvalue weighted by atomic mass is 16.5. The molecule has 1 saturated carbocycles. The number of anilines is 1. The maximum Gasteiger partial charge on any atom is 0.320 e. The summed E-state index contributed by atoms with van der Waals surface area (Å²) in [7, 11) is 1.67. The van der Waals surface area contributed by atoms with Crippen LogP contribution in [-0.4, -0.2) is 52.5 Å². The molecule has 1 atom stereocenters.